The van der Waals surface area contributed by atoms with Crippen LogP contribution in [0.4, 0.5) is 5.69 Å². The van der Waals surface area contributed by atoms with Gasteiger partial charge in [0.1, 0.15) is 0 Å². The largest absolute Gasteiger partial charge is 0.466 e. The molecule has 0 unspecified atom stereocenters. The van der Waals surface area contributed by atoms with Crippen molar-refractivity contribution in [1.82, 2.24) is 0 Å². The van der Waals surface area contributed by atoms with E-state index in [1.165, 1.54) is 19.3 Å². The average molecular weight is 351 g/mol. The molecule has 0 spiro atoms. The first-order valence-electron chi connectivity index (χ1n) is 7.89. The van der Waals surface area contributed by atoms with E-state index in [-0.39, 0.29) is 12.7 Å². The summed E-state index contributed by atoms with van der Waals surface area (Å²) >= 11 is 0. The number of hydrogen-bond donors (Lipinski definition) is 1. The predicted molar refractivity (Wildman–Crippen MR) is 97.7 cm³/mol. The van der Waals surface area contributed by atoms with Gasteiger partial charge in [-0.05, 0) is 47.5 Å². The summed E-state index contributed by atoms with van der Waals surface area (Å²) in [6, 6.07) is 12.6. The Balaban J connectivity index is 1.63. The SMILES string of the molecule is COC(=O)C=Cc1cccc(NC(=O)C=Cc2ccc3c(c2)OCO3)c1. The van der Waals surface area contributed by atoms with E-state index in [0.29, 0.717) is 17.2 Å². The Labute approximate surface area is 150 Å². The summed E-state index contributed by atoms with van der Waals surface area (Å²) in [5.41, 5.74) is 2.23. The molecular weight excluding hydrogens is 334 g/mol. The number of carbonyl (C=O) groups is 2. The fourth-order valence-corrected chi connectivity index (χ4v) is 2.33. The average Bonchev–Trinajstić information content (AvgIpc) is 3.12. The Hall–Kier alpha value is -3.54. The van der Waals surface area contributed by atoms with Gasteiger partial charge in [0.25, 0.3) is 0 Å². The van der Waals surface area contributed by atoms with Crippen LogP contribution in [-0.4, -0.2) is 25.8 Å². The second kappa shape index (κ2) is 8.02. The van der Waals surface area contributed by atoms with Crippen molar-refractivity contribution in [3.63, 3.8) is 0 Å². The minimum Gasteiger partial charge on any atom is -0.466 e. The summed E-state index contributed by atoms with van der Waals surface area (Å²) in [5, 5.41) is 2.77. The van der Waals surface area contributed by atoms with Crippen LogP contribution in [0, 0.1) is 0 Å². The van der Waals surface area contributed by atoms with Gasteiger partial charge in [0.05, 0.1) is 7.11 Å². The van der Waals surface area contributed by atoms with E-state index in [0.717, 1.165) is 11.1 Å². The third kappa shape index (κ3) is 4.51. The maximum absolute atomic E-state index is 12.1. The lowest BCUT2D eigenvalue weighted by molar-refractivity contribution is -0.134. The van der Waals surface area contributed by atoms with Gasteiger partial charge in [0.15, 0.2) is 11.5 Å². The summed E-state index contributed by atoms with van der Waals surface area (Å²) in [6.45, 7) is 0.212. The smallest absolute Gasteiger partial charge is 0.330 e. The van der Waals surface area contributed by atoms with Crippen LogP contribution in [0.1, 0.15) is 11.1 Å². The molecule has 2 aromatic rings. The van der Waals surface area contributed by atoms with Crippen molar-refractivity contribution in [3.8, 4) is 11.5 Å². The summed E-state index contributed by atoms with van der Waals surface area (Å²) in [7, 11) is 1.32. The molecule has 0 fully saturated rings. The quantitative estimate of drug-likeness (QED) is 0.661. The summed E-state index contributed by atoms with van der Waals surface area (Å²) in [6.07, 6.45) is 6.07. The van der Waals surface area contributed by atoms with Crippen LogP contribution in [0.2, 0.25) is 0 Å². The number of fused-ring (bicyclic) bond motifs is 1. The van der Waals surface area contributed by atoms with Crippen LogP contribution in [0.15, 0.2) is 54.6 Å². The molecule has 2 aromatic carbocycles. The minimum atomic E-state index is -0.439. The second-order valence-corrected chi connectivity index (χ2v) is 5.42. The molecule has 1 amide bonds. The molecule has 0 saturated carbocycles. The first kappa shape index (κ1) is 17.3. The lowest BCUT2D eigenvalue weighted by Crippen LogP contribution is -2.07. The van der Waals surface area contributed by atoms with Gasteiger partial charge in [-0.1, -0.05) is 18.2 Å². The van der Waals surface area contributed by atoms with Crippen LogP contribution in [0.25, 0.3) is 12.2 Å². The minimum absolute atomic E-state index is 0.212. The molecule has 1 aliphatic rings. The van der Waals surface area contributed by atoms with Gasteiger partial charge in [-0.2, -0.15) is 0 Å². The zero-order valence-corrected chi connectivity index (χ0v) is 14.1. The van der Waals surface area contributed by atoms with Crippen molar-refractivity contribution in [2.24, 2.45) is 0 Å². The van der Waals surface area contributed by atoms with Gasteiger partial charge in [0, 0.05) is 17.8 Å². The van der Waals surface area contributed by atoms with Crippen LogP contribution in [0.5, 0.6) is 11.5 Å². The van der Waals surface area contributed by atoms with Crippen molar-refractivity contribution in [1.29, 1.82) is 0 Å². The molecule has 0 atom stereocenters. The molecular formula is C20H17NO5. The van der Waals surface area contributed by atoms with E-state index < -0.39 is 5.97 Å². The summed E-state index contributed by atoms with van der Waals surface area (Å²) in [5.74, 6) is 0.656. The number of hydrogen-bond acceptors (Lipinski definition) is 5. The number of rotatable bonds is 5. The molecule has 0 bridgehead atoms. The molecule has 132 valence electrons. The lowest BCUT2D eigenvalue weighted by atomic mass is 10.1. The molecule has 1 aliphatic heterocycles. The van der Waals surface area contributed by atoms with E-state index in [9.17, 15) is 9.59 Å². The van der Waals surface area contributed by atoms with Crippen molar-refractivity contribution in [2.45, 2.75) is 0 Å². The van der Waals surface area contributed by atoms with Crippen LogP contribution in [0.3, 0.4) is 0 Å². The van der Waals surface area contributed by atoms with E-state index >= 15 is 0 Å². The number of benzene rings is 2. The number of esters is 1. The third-order valence-electron chi connectivity index (χ3n) is 3.59. The fraction of sp³-hybridized carbons (Fsp3) is 0.100. The first-order valence-corrected chi connectivity index (χ1v) is 7.89. The zero-order valence-electron chi connectivity index (χ0n) is 14.1. The van der Waals surface area contributed by atoms with E-state index in [1.54, 1.807) is 36.4 Å². The second-order valence-electron chi connectivity index (χ2n) is 5.42. The van der Waals surface area contributed by atoms with Crippen LogP contribution < -0.4 is 14.8 Å². The van der Waals surface area contributed by atoms with Gasteiger partial charge in [0.2, 0.25) is 12.7 Å². The van der Waals surface area contributed by atoms with Crippen molar-refractivity contribution in [3.05, 3.63) is 65.7 Å². The highest BCUT2D eigenvalue weighted by Crippen LogP contribution is 2.32. The summed E-state index contributed by atoms with van der Waals surface area (Å²) < 4.78 is 15.1. The van der Waals surface area contributed by atoms with Crippen LogP contribution in [-0.2, 0) is 14.3 Å². The number of carbonyl (C=O) groups excluding carboxylic acids is 2. The highest BCUT2D eigenvalue weighted by molar-refractivity contribution is 6.02. The molecule has 6 nitrogen and oxygen atoms in total. The van der Waals surface area contributed by atoms with Crippen molar-refractivity contribution >= 4 is 29.7 Å². The van der Waals surface area contributed by atoms with Gasteiger partial charge in [-0.25, -0.2) is 4.79 Å². The molecule has 0 aromatic heterocycles. The molecule has 0 radical (unpaired) electrons. The van der Waals surface area contributed by atoms with Gasteiger partial charge < -0.3 is 19.5 Å². The van der Waals surface area contributed by atoms with E-state index in [1.807, 2.05) is 18.2 Å². The van der Waals surface area contributed by atoms with E-state index in [4.69, 9.17) is 9.47 Å². The molecule has 26 heavy (non-hydrogen) atoms. The number of nitrogens with one attached hydrogen (secondary N) is 1. The number of ether oxygens (including phenoxy) is 3. The molecule has 1 N–H and O–H groups in total. The highest BCUT2D eigenvalue weighted by atomic mass is 16.7. The van der Waals surface area contributed by atoms with Gasteiger partial charge in [-0.15, -0.1) is 0 Å². The number of amides is 1. The fourth-order valence-electron chi connectivity index (χ4n) is 2.33. The predicted octanol–water partition coefficient (Wildman–Crippen LogP) is 3.25. The number of methoxy groups -OCH3 is 1. The van der Waals surface area contributed by atoms with E-state index in [2.05, 4.69) is 10.1 Å². The maximum Gasteiger partial charge on any atom is 0.330 e. The topological polar surface area (TPSA) is 73.9 Å². The molecule has 1 heterocycles. The zero-order chi connectivity index (χ0) is 18.4. The Morgan fingerprint density at radius 2 is 1.77 bits per heavy atom. The molecule has 6 heteroatoms. The Morgan fingerprint density at radius 3 is 2.62 bits per heavy atom. The van der Waals surface area contributed by atoms with Crippen molar-refractivity contribution < 1.29 is 23.8 Å². The number of anilines is 1. The molecule has 0 aliphatic carbocycles. The highest BCUT2D eigenvalue weighted by Gasteiger charge is 2.12. The Morgan fingerprint density at radius 1 is 1.00 bits per heavy atom. The Kier molecular flexibility index (Phi) is 5.34. The first-order chi connectivity index (χ1) is 12.6. The molecule has 0 saturated heterocycles. The Bertz CT molecular complexity index is 886. The van der Waals surface area contributed by atoms with Crippen LogP contribution >= 0.6 is 0 Å². The lowest BCUT2D eigenvalue weighted by Gasteiger charge is -2.03. The molecule has 3 rings (SSSR count). The standard InChI is InChI=1S/C20H17NO5/c1-24-20(23)10-7-14-3-2-4-16(11-14)21-19(22)9-6-15-5-8-17-18(12-15)26-13-25-17/h2-12H,13H2,1H3,(H,21,22). The monoisotopic (exact) mass is 351 g/mol. The summed E-state index contributed by atoms with van der Waals surface area (Å²) in [4.78, 5) is 23.2. The maximum atomic E-state index is 12.1. The third-order valence-corrected chi connectivity index (χ3v) is 3.59. The van der Waals surface area contributed by atoms with Gasteiger partial charge in [-0.3, -0.25) is 4.79 Å². The van der Waals surface area contributed by atoms with Crippen molar-refractivity contribution in [2.75, 3.05) is 19.2 Å². The normalized spacial score (nSPS) is 12.5. The van der Waals surface area contributed by atoms with Gasteiger partial charge >= 0.3 is 5.97 Å².